The van der Waals surface area contributed by atoms with Crippen molar-refractivity contribution in [2.24, 2.45) is 0 Å². The zero-order valence-corrected chi connectivity index (χ0v) is 11.4. The zero-order valence-electron chi connectivity index (χ0n) is 11.4. The van der Waals surface area contributed by atoms with Crippen LogP contribution in [0.3, 0.4) is 0 Å². The minimum Gasteiger partial charge on any atom is -0.494 e. The lowest BCUT2D eigenvalue weighted by molar-refractivity contribution is 0.0951. The van der Waals surface area contributed by atoms with Gasteiger partial charge in [-0.3, -0.25) is 4.79 Å². The maximum Gasteiger partial charge on any atom is 0.251 e. The summed E-state index contributed by atoms with van der Waals surface area (Å²) in [7, 11) is 1.39. The fourth-order valence-corrected chi connectivity index (χ4v) is 1.83. The van der Waals surface area contributed by atoms with Crippen molar-refractivity contribution < 1.29 is 13.9 Å². The third-order valence-electron chi connectivity index (χ3n) is 2.92. The van der Waals surface area contributed by atoms with Crippen LogP contribution in [0.1, 0.15) is 21.5 Å². The molecular weight excluding hydrogens is 271 g/mol. The zero-order chi connectivity index (χ0) is 15.2. The molecule has 0 atom stereocenters. The summed E-state index contributed by atoms with van der Waals surface area (Å²) in [5.41, 5.74) is 1.43. The molecule has 0 spiro atoms. The van der Waals surface area contributed by atoms with Crippen molar-refractivity contribution in [1.82, 2.24) is 5.32 Å². The van der Waals surface area contributed by atoms with Gasteiger partial charge < -0.3 is 10.1 Å². The Hall–Kier alpha value is -2.87. The monoisotopic (exact) mass is 284 g/mol. The van der Waals surface area contributed by atoms with Gasteiger partial charge in [-0.15, -0.1) is 0 Å². The Labute approximate surface area is 121 Å². The number of halogens is 1. The number of amides is 1. The van der Waals surface area contributed by atoms with Crippen LogP contribution in [-0.2, 0) is 6.54 Å². The number of carbonyl (C=O) groups is 1. The first-order chi connectivity index (χ1) is 10.1. The van der Waals surface area contributed by atoms with E-state index in [-0.39, 0.29) is 18.2 Å². The molecule has 4 nitrogen and oxygen atoms in total. The maximum atomic E-state index is 13.5. The first-order valence-corrected chi connectivity index (χ1v) is 6.25. The van der Waals surface area contributed by atoms with E-state index >= 15 is 0 Å². The summed E-state index contributed by atoms with van der Waals surface area (Å²) in [4.78, 5) is 12.0. The molecule has 0 aliphatic carbocycles. The molecule has 0 heterocycles. The number of ether oxygens (including phenoxy) is 1. The Morgan fingerprint density at radius 1 is 1.33 bits per heavy atom. The summed E-state index contributed by atoms with van der Waals surface area (Å²) in [6.07, 6.45) is 0. The lowest BCUT2D eigenvalue weighted by Crippen LogP contribution is -2.22. The molecule has 1 N–H and O–H groups in total. The molecule has 0 saturated heterocycles. The highest BCUT2D eigenvalue weighted by Crippen LogP contribution is 2.17. The molecule has 0 radical (unpaired) electrons. The highest BCUT2D eigenvalue weighted by atomic mass is 19.1. The van der Waals surface area contributed by atoms with E-state index in [0.29, 0.717) is 16.7 Å². The molecule has 0 aliphatic heterocycles. The Morgan fingerprint density at radius 2 is 2.14 bits per heavy atom. The quantitative estimate of drug-likeness (QED) is 0.938. The molecule has 106 valence electrons. The van der Waals surface area contributed by atoms with Gasteiger partial charge in [0.05, 0.1) is 18.7 Å². The molecule has 0 fully saturated rings. The Balaban J connectivity index is 2.04. The highest BCUT2D eigenvalue weighted by molar-refractivity contribution is 5.94. The lowest BCUT2D eigenvalue weighted by Gasteiger charge is -2.07. The number of nitrogens with zero attached hydrogens (tertiary/aromatic N) is 1. The number of benzene rings is 2. The van der Waals surface area contributed by atoms with Gasteiger partial charge in [0.15, 0.2) is 11.6 Å². The molecule has 0 bridgehead atoms. The van der Waals surface area contributed by atoms with Crippen molar-refractivity contribution in [3.8, 4) is 11.8 Å². The minimum absolute atomic E-state index is 0.159. The van der Waals surface area contributed by atoms with Crippen molar-refractivity contribution in [2.75, 3.05) is 7.11 Å². The molecule has 2 aromatic rings. The van der Waals surface area contributed by atoms with E-state index in [1.807, 2.05) is 6.07 Å². The lowest BCUT2D eigenvalue weighted by atomic mass is 10.1. The number of hydrogen-bond donors (Lipinski definition) is 1. The van der Waals surface area contributed by atoms with E-state index in [0.717, 1.165) is 0 Å². The van der Waals surface area contributed by atoms with Gasteiger partial charge in [0.1, 0.15) is 0 Å². The van der Waals surface area contributed by atoms with Crippen LogP contribution >= 0.6 is 0 Å². The summed E-state index contributed by atoms with van der Waals surface area (Å²) in [6.45, 7) is 0.191. The maximum absolute atomic E-state index is 13.5. The second-order valence-corrected chi connectivity index (χ2v) is 4.34. The van der Waals surface area contributed by atoms with Gasteiger partial charge in [-0.2, -0.15) is 5.26 Å². The predicted molar refractivity (Wildman–Crippen MR) is 75.3 cm³/mol. The third kappa shape index (κ3) is 3.57. The fraction of sp³-hybridized carbons (Fsp3) is 0.125. The summed E-state index contributed by atoms with van der Waals surface area (Å²) in [5.74, 6) is -0.633. The molecular formula is C16H13FN2O2. The molecule has 21 heavy (non-hydrogen) atoms. The van der Waals surface area contributed by atoms with Crippen LogP contribution < -0.4 is 10.1 Å². The van der Waals surface area contributed by atoms with Crippen LogP contribution in [0.5, 0.6) is 5.75 Å². The number of methoxy groups -OCH3 is 1. The van der Waals surface area contributed by atoms with Crippen molar-refractivity contribution in [3.63, 3.8) is 0 Å². The van der Waals surface area contributed by atoms with Crippen molar-refractivity contribution in [3.05, 3.63) is 65.0 Å². The molecule has 5 heteroatoms. The van der Waals surface area contributed by atoms with Crippen LogP contribution in [0.25, 0.3) is 0 Å². The van der Waals surface area contributed by atoms with Crippen LogP contribution in [0.4, 0.5) is 4.39 Å². The molecule has 2 aromatic carbocycles. The summed E-state index contributed by atoms with van der Waals surface area (Å²) >= 11 is 0. The highest BCUT2D eigenvalue weighted by Gasteiger charge is 2.08. The summed E-state index contributed by atoms with van der Waals surface area (Å²) in [5, 5.41) is 11.5. The van der Waals surface area contributed by atoms with E-state index in [1.165, 1.54) is 25.3 Å². The summed E-state index contributed by atoms with van der Waals surface area (Å²) < 4.78 is 18.4. The van der Waals surface area contributed by atoms with Crippen LogP contribution in [0.2, 0.25) is 0 Å². The second-order valence-electron chi connectivity index (χ2n) is 4.34. The van der Waals surface area contributed by atoms with Gasteiger partial charge in [0.2, 0.25) is 0 Å². The van der Waals surface area contributed by atoms with E-state index in [4.69, 9.17) is 10.00 Å². The average Bonchev–Trinajstić information content (AvgIpc) is 2.52. The SMILES string of the molecule is COc1ccc(CNC(=O)c2cccc(C#N)c2)cc1F. The second kappa shape index (κ2) is 6.53. The van der Waals surface area contributed by atoms with E-state index in [2.05, 4.69) is 5.32 Å². The molecule has 1 amide bonds. The predicted octanol–water partition coefficient (Wildman–Crippen LogP) is 2.64. The minimum atomic E-state index is -0.476. The van der Waals surface area contributed by atoms with Gasteiger partial charge >= 0.3 is 0 Å². The van der Waals surface area contributed by atoms with Crippen LogP contribution in [0, 0.1) is 17.1 Å². The Bertz CT molecular complexity index is 708. The van der Waals surface area contributed by atoms with Crippen molar-refractivity contribution >= 4 is 5.91 Å². The summed E-state index contributed by atoms with van der Waals surface area (Å²) in [6, 6.07) is 12.8. The number of rotatable bonds is 4. The Kier molecular flexibility index (Phi) is 4.52. The molecule has 0 aromatic heterocycles. The van der Waals surface area contributed by atoms with Crippen LogP contribution in [-0.4, -0.2) is 13.0 Å². The number of nitriles is 1. The van der Waals surface area contributed by atoms with E-state index < -0.39 is 5.82 Å². The van der Waals surface area contributed by atoms with Gasteiger partial charge in [-0.05, 0) is 35.9 Å². The number of hydrogen-bond acceptors (Lipinski definition) is 3. The fourth-order valence-electron chi connectivity index (χ4n) is 1.83. The topological polar surface area (TPSA) is 62.1 Å². The normalized spacial score (nSPS) is 9.76. The smallest absolute Gasteiger partial charge is 0.251 e. The van der Waals surface area contributed by atoms with Crippen LogP contribution in [0.15, 0.2) is 42.5 Å². The molecule has 0 unspecified atom stereocenters. The number of carbonyl (C=O) groups excluding carboxylic acids is 1. The van der Waals surface area contributed by atoms with E-state index in [9.17, 15) is 9.18 Å². The van der Waals surface area contributed by atoms with Gasteiger partial charge in [-0.25, -0.2) is 4.39 Å². The van der Waals surface area contributed by atoms with Gasteiger partial charge in [0.25, 0.3) is 5.91 Å². The first-order valence-electron chi connectivity index (χ1n) is 6.25. The van der Waals surface area contributed by atoms with Crippen molar-refractivity contribution in [2.45, 2.75) is 6.54 Å². The molecule has 0 aliphatic rings. The Morgan fingerprint density at radius 3 is 2.81 bits per heavy atom. The molecule has 0 saturated carbocycles. The first kappa shape index (κ1) is 14.5. The average molecular weight is 284 g/mol. The van der Waals surface area contributed by atoms with Crippen molar-refractivity contribution in [1.29, 1.82) is 5.26 Å². The third-order valence-corrected chi connectivity index (χ3v) is 2.92. The molecule has 2 rings (SSSR count). The van der Waals surface area contributed by atoms with Gasteiger partial charge in [0, 0.05) is 12.1 Å². The standard InChI is InChI=1S/C16H13FN2O2/c1-21-15-6-5-12(8-14(15)17)10-19-16(20)13-4-2-3-11(7-13)9-18/h2-8H,10H2,1H3,(H,19,20). The largest absolute Gasteiger partial charge is 0.494 e. The van der Waals surface area contributed by atoms with Gasteiger partial charge in [-0.1, -0.05) is 12.1 Å². The number of nitrogens with one attached hydrogen (secondary N) is 1. The van der Waals surface area contributed by atoms with E-state index in [1.54, 1.807) is 24.3 Å².